The number of aromatic nitrogens is 3. The molecule has 0 spiro atoms. The number of piperidine rings is 1. The van der Waals surface area contributed by atoms with Crippen LogP contribution in [0.1, 0.15) is 29.5 Å². The molecule has 210 valence electrons. The van der Waals surface area contributed by atoms with Gasteiger partial charge in [-0.15, -0.1) is 0 Å². The van der Waals surface area contributed by atoms with Gasteiger partial charge in [0.25, 0.3) is 0 Å². The standard InChI is InChI=1S/C25H31F3N8O2S/c1-36(39(2,37)38)23-18(6-4-10-30-23)15-32-22-21(25(26,27)28)16-33-24(35-22)34-20-7-3-5-17(13-20)14-31-19-8-11-29-12-9-19/h3-7,10,13,16,19,29,31H,8-9,11-12,14-15H2,1-2H3,(H2,32,33,34,35). The van der Waals surface area contributed by atoms with Crippen LogP contribution < -0.4 is 25.6 Å². The molecule has 0 saturated carbocycles. The van der Waals surface area contributed by atoms with Crippen LogP contribution in [0.15, 0.2) is 48.8 Å². The van der Waals surface area contributed by atoms with Crippen molar-refractivity contribution in [3.63, 3.8) is 0 Å². The summed E-state index contributed by atoms with van der Waals surface area (Å²) in [6, 6.07) is 11.1. The predicted octanol–water partition coefficient (Wildman–Crippen LogP) is 3.48. The van der Waals surface area contributed by atoms with Crippen molar-refractivity contribution in [2.75, 3.05) is 41.3 Å². The molecule has 1 saturated heterocycles. The van der Waals surface area contributed by atoms with Gasteiger partial charge in [0.2, 0.25) is 16.0 Å². The molecule has 39 heavy (non-hydrogen) atoms. The van der Waals surface area contributed by atoms with Crippen LogP contribution in [0.2, 0.25) is 0 Å². The number of nitrogens with zero attached hydrogens (tertiary/aromatic N) is 4. The lowest BCUT2D eigenvalue weighted by Gasteiger charge is -2.23. The summed E-state index contributed by atoms with van der Waals surface area (Å²) < 4.78 is 66.2. The Balaban J connectivity index is 1.51. The lowest BCUT2D eigenvalue weighted by atomic mass is 10.1. The second-order valence-corrected chi connectivity index (χ2v) is 11.3. The number of anilines is 4. The summed E-state index contributed by atoms with van der Waals surface area (Å²) in [7, 11) is -2.30. The van der Waals surface area contributed by atoms with Gasteiger partial charge < -0.3 is 21.3 Å². The minimum Gasteiger partial charge on any atom is -0.365 e. The summed E-state index contributed by atoms with van der Waals surface area (Å²) >= 11 is 0. The van der Waals surface area contributed by atoms with E-state index in [1.54, 1.807) is 18.2 Å². The first-order valence-corrected chi connectivity index (χ1v) is 14.2. The lowest BCUT2D eigenvalue weighted by Crippen LogP contribution is -2.39. The Bertz CT molecular complexity index is 1380. The number of alkyl halides is 3. The summed E-state index contributed by atoms with van der Waals surface area (Å²) in [6.45, 7) is 2.48. The van der Waals surface area contributed by atoms with Gasteiger partial charge in [0.05, 0.1) is 6.26 Å². The molecular weight excluding hydrogens is 533 g/mol. The van der Waals surface area contributed by atoms with Crippen LogP contribution in [0, 0.1) is 0 Å². The van der Waals surface area contributed by atoms with E-state index < -0.39 is 27.6 Å². The fourth-order valence-electron chi connectivity index (χ4n) is 4.15. The Morgan fingerprint density at radius 1 is 1.10 bits per heavy atom. The van der Waals surface area contributed by atoms with Crippen molar-refractivity contribution in [1.82, 2.24) is 25.6 Å². The number of rotatable bonds is 10. The molecule has 10 nitrogen and oxygen atoms in total. The van der Waals surface area contributed by atoms with Gasteiger partial charge in [-0.05, 0) is 49.7 Å². The molecule has 0 atom stereocenters. The zero-order valence-corrected chi connectivity index (χ0v) is 22.4. The van der Waals surface area contributed by atoms with Crippen molar-refractivity contribution in [2.24, 2.45) is 0 Å². The molecule has 3 heterocycles. The maximum Gasteiger partial charge on any atom is 0.421 e. The Morgan fingerprint density at radius 2 is 1.87 bits per heavy atom. The highest BCUT2D eigenvalue weighted by atomic mass is 32.2. The highest BCUT2D eigenvalue weighted by Crippen LogP contribution is 2.34. The van der Waals surface area contributed by atoms with E-state index in [4.69, 9.17) is 0 Å². The zero-order valence-electron chi connectivity index (χ0n) is 21.6. The van der Waals surface area contributed by atoms with E-state index in [1.807, 2.05) is 18.2 Å². The minimum atomic E-state index is -4.71. The van der Waals surface area contributed by atoms with Gasteiger partial charge in [0, 0.05) is 49.8 Å². The third kappa shape index (κ3) is 7.77. The van der Waals surface area contributed by atoms with Gasteiger partial charge in [0.15, 0.2) is 0 Å². The van der Waals surface area contributed by atoms with Crippen molar-refractivity contribution < 1.29 is 21.6 Å². The molecule has 1 aliphatic rings. The normalized spacial score (nSPS) is 14.7. The van der Waals surface area contributed by atoms with E-state index in [2.05, 4.69) is 36.2 Å². The van der Waals surface area contributed by atoms with Crippen LogP contribution in [-0.2, 0) is 29.3 Å². The Kier molecular flexibility index (Phi) is 8.87. The van der Waals surface area contributed by atoms with E-state index in [0.717, 1.165) is 42.1 Å². The molecule has 1 aliphatic heterocycles. The number of halogens is 3. The van der Waals surface area contributed by atoms with Gasteiger partial charge in [-0.1, -0.05) is 18.2 Å². The second-order valence-electron chi connectivity index (χ2n) is 9.25. The summed E-state index contributed by atoms with van der Waals surface area (Å²) in [6.07, 6.45) is 0.539. The van der Waals surface area contributed by atoms with Gasteiger partial charge in [-0.3, -0.25) is 4.31 Å². The number of sulfonamides is 1. The summed E-state index contributed by atoms with van der Waals surface area (Å²) in [5, 5.41) is 12.5. The van der Waals surface area contributed by atoms with E-state index in [1.165, 1.54) is 13.2 Å². The number of hydrogen-bond donors (Lipinski definition) is 4. The fraction of sp³-hybridized carbons (Fsp3) is 0.400. The molecule has 0 radical (unpaired) electrons. The summed E-state index contributed by atoms with van der Waals surface area (Å²) in [5.74, 6) is -0.363. The molecule has 2 aromatic heterocycles. The van der Waals surface area contributed by atoms with Crippen molar-refractivity contribution in [2.45, 2.75) is 38.1 Å². The van der Waals surface area contributed by atoms with Crippen molar-refractivity contribution in [3.05, 3.63) is 65.5 Å². The van der Waals surface area contributed by atoms with E-state index >= 15 is 0 Å². The van der Waals surface area contributed by atoms with E-state index in [0.29, 0.717) is 30.0 Å². The average Bonchev–Trinajstić information content (AvgIpc) is 2.90. The lowest BCUT2D eigenvalue weighted by molar-refractivity contribution is -0.137. The van der Waals surface area contributed by atoms with Crippen molar-refractivity contribution >= 4 is 33.3 Å². The fourth-order valence-corrected chi connectivity index (χ4v) is 4.63. The smallest absolute Gasteiger partial charge is 0.365 e. The highest BCUT2D eigenvalue weighted by molar-refractivity contribution is 7.92. The number of benzene rings is 1. The highest BCUT2D eigenvalue weighted by Gasteiger charge is 2.35. The molecule has 0 bridgehead atoms. The first kappa shape index (κ1) is 28.5. The monoisotopic (exact) mass is 564 g/mol. The molecule has 1 fully saturated rings. The molecular formula is C25H31F3N8O2S. The van der Waals surface area contributed by atoms with Crippen LogP contribution in [0.25, 0.3) is 0 Å². The largest absolute Gasteiger partial charge is 0.421 e. The van der Waals surface area contributed by atoms with E-state index in [-0.39, 0.29) is 18.3 Å². The molecule has 4 rings (SSSR count). The van der Waals surface area contributed by atoms with Gasteiger partial charge in [0.1, 0.15) is 17.2 Å². The minimum absolute atomic E-state index is 0.0198. The van der Waals surface area contributed by atoms with Gasteiger partial charge >= 0.3 is 6.18 Å². The van der Waals surface area contributed by atoms with Crippen molar-refractivity contribution in [3.8, 4) is 0 Å². The molecule has 14 heteroatoms. The average molecular weight is 565 g/mol. The second kappa shape index (κ2) is 12.1. The number of nitrogens with one attached hydrogen (secondary N) is 4. The number of hydrogen-bond acceptors (Lipinski definition) is 9. The summed E-state index contributed by atoms with van der Waals surface area (Å²) in [4.78, 5) is 12.1. The molecule has 0 unspecified atom stereocenters. The first-order valence-electron chi connectivity index (χ1n) is 12.4. The maximum atomic E-state index is 13.7. The molecule has 3 aromatic rings. The topological polar surface area (TPSA) is 124 Å². The SMILES string of the molecule is CN(c1ncccc1CNc1nc(Nc2cccc(CNC3CCNCC3)c2)ncc1C(F)(F)F)S(C)(=O)=O. The Morgan fingerprint density at radius 3 is 2.59 bits per heavy atom. The summed E-state index contributed by atoms with van der Waals surface area (Å²) in [5.41, 5.74) is 0.980. The predicted molar refractivity (Wildman–Crippen MR) is 144 cm³/mol. The van der Waals surface area contributed by atoms with Crippen LogP contribution in [0.3, 0.4) is 0 Å². The molecule has 4 N–H and O–H groups in total. The zero-order chi connectivity index (χ0) is 28.0. The first-order chi connectivity index (χ1) is 18.5. The van der Waals surface area contributed by atoms with Gasteiger partial charge in [-0.25, -0.2) is 18.4 Å². The van der Waals surface area contributed by atoms with Gasteiger partial charge in [-0.2, -0.15) is 18.2 Å². The Hall–Kier alpha value is -3.49. The van der Waals surface area contributed by atoms with Crippen LogP contribution in [0.4, 0.5) is 36.4 Å². The maximum absolute atomic E-state index is 13.7. The van der Waals surface area contributed by atoms with Crippen LogP contribution in [-0.4, -0.2) is 55.8 Å². The molecule has 0 amide bonds. The van der Waals surface area contributed by atoms with Crippen LogP contribution >= 0.6 is 0 Å². The van der Waals surface area contributed by atoms with Crippen LogP contribution in [0.5, 0.6) is 0 Å². The third-order valence-electron chi connectivity index (χ3n) is 6.32. The number of pyridine rings is 1. The Labute approximate surface area is 225 Å². The quantitative estimate of drug-likeness (QED) is 0.293. The van der Waals surface area contributed by atoms with Crippen molar-refractivity contribution in [1.29, 1.82) is 0 Å². The molecule has 1 aromatic carbocycles. The third-order valence-corrected chi connectivity index (χ3v) is 7.49. The molecule has 0 aliphatic carbocycles. The van der Waals surface area contributed by atoms with E-state index in [9.17, 15) is 21.6 Å².